The largest absolute Gasteiger partial charge is 0.348 e. The van der Waals surface area contributed by atoms with E-state index in [2.05, 4.69) is 26.6 Å². The van der Waals surface area contributed by atoms with E-state index in [9.17, 15) is 9.59 Å². The molecule has 0 unspecified atom stereocenters. The lowest BCUT2D eigenvalue weighted by atomic mass is 9.83. The van der Waals surface area contributed by atoms with Gasteiger partial charge in [0.15, 0.2) is 5.11 Å². The van der Waals surface area contributed by atoms with Crippen molar-refractivity contribution in [3.05, 3.63) is 68.5 Å². The van der Waals surface area contributed by atoms with E-state index in [1.54, 1.807) is 36.4 Å². The Balaban J connectivity index is 1.48. The second-order valence-electron chi connectivity index (χ2n) is 7.98. The third kappa shape index (κ3) is 5.09. The molecule has 11 heteroatoms. The molecule has 0 aliphatic carbocycles. The van der Waals surface area contributed by atoms with E-state index < -0.39 is 15.9 Å². The van der Waals surface area contributed by atoms with Crippen molar-refractivity contribution in [3.8, 4) is 0 Å². The van der Waals surface area contributed by atoms with Crippen LogP contribution in [0.15, 0.2) is 51.7 Å². The Kier molecular flexibility index (Phi) is 7.08. The molecule has 6 nitrogen and oxygen atoms in total. The van der Waals surface area contributed by atoms with Crippen LogP contribution < -0.4 is 16.2 Å². The summed E-state index contributed by atoms with van der Waals surface area (Å²) in [4.78, 5) is 27.0. The van der Waals surface area contributed by atoms with Crippen molar-refractivity contribution in [1.29, 1.82) is 0 Å². The summed E-state index contributed by atoms with van der Waals surface area (Å²) in [6.45, 7) is 1.96. The highest BCUT2D eigenvalue weighted by Crippen LogP contribution is 2.35. The Bertz CT molecular complexity index is 1110. The molecule has 1 aromatic carbocycles. The number of halogens is 4. The minimum atomic E-state index is -1.84. The summed E-state index contributed by atoms with van der Waals surface area (Å²) in [6, 6.07) is 12.3. The van der Waals surface area contributed by atoms with Gasteiger partial charge in [-0.3, -0.25) is 9.59 Å². The summed E-state index contributed by atoms with van der Waals surface area (Å²) in [5.74, 6) is 0.0484. The van der Waals surface area contributed by atoms with Gasteiger partial charge in [0.25, 0.3) is 11.5 Å². The van der Waals surface area contributed by atoms with Gasteiger partial charge in [-0.25, -0.2) is 0 Å². The van der Waals surface area contributed by atoms with E-state index in [0.29, 0.717) is 34.8 Å². The molecule has 1 amide bonds. The molecule has 2 aliphatic rings. The minimum Gasteiger partial charge on any atom is -0.348 e. The number of likely N-dealkylation sites (tertiary alicyclic amines) is 1. The van der Waals surface area contributed by atoms with Crippen molar-refractivity contribution < 1.29 is 4.79 Å². The highest BCUT2D eigenvalue weighted by Gasteiger charge is 2.39. The second-order valence-corrected chi connectivity index (χ2v) is 11.6. The first-order chi connectivity index (χ1) is 15.1. The van der Waals surface area contributed by atoms with Crippen molar-refractivity contribution in [2.24, 2.45) is 5.92 Å². The molecule has 170 valence electrons. The van der Waals surface area contributed by atoms with E-state index in [1.165, 1.54) is 0 Å². The fraction of sp³-hybridized carbons (Fsp3) is 0.381. The SMILES string of the molecule is O=C(N[C@@H](NC(=S)N1C[C@H]2C[C@@H](C1)c1cccc(=O)n1C2)C(Cl)(Cl)Cl)c1ccccc1Br. The molecule has 3 heterocycles. The highest BCUT2D eigenvalue weighted by atomic mass is 79.9. The fourth-order valence-electron chi connectivity index (χ4n) is 4.33. The van der Waals surface area contributed by atoms with E-state index in [1.807, 2.05) is 15.5 Å². The second kappa shape index (κ2) is 9.50. The van der Waals surface area contributed by atoms with Gasteiger partial charge in [0.2, 0.25) is 3.79 Å². The Morgan fingerprint density at radius 2 is 1.84 bits per heavy atom. The first kappa shape index (κ1) is 23.8. The van der Waals surface area contributed by atoms with Gasteiger partial charge in [-0.05, 0) is 58.7 Å². The number of pyridine rings is 1. The first-order valence-corrected chi connectivity index (χ1v) is 12.3. The number of hydrogen-bond donors (Lipinski definition) is 2. The lowest BCUT2D eigenvalue weighted by Gasteiger charge is -2.44. The highest BCUT2D eigenvalue weighted by molar-refractivity contribution is 9.10. The Labute approximate surface area is 214 Å². The maximum atomic E-state index is 12.8. The van der Waals surface area contributed by atoms with Crippen LogP contribution in [0.4, 0.5) is 0 Å². The van der Waals surface area contributed by atoms with Crippen LogP contribution in [0.5, 0.6) is 0 Å². The lowest BCUT2D eigenvalue weighted by molar-refractivity contribution is 0.0932. The van der Waals surface area contributed by atoms with Gasteiger partial charge in [-0.1, -0.05) is 53.0 Å². The Morgan fingerprint density at radius 1 is 1.09 bits per heavy atom. The van der Waals surface area contributed by atoms with Gasteiger partial charge in [0.1, 0.15) is 6.17 Å². The maximum absolute atomic E-state index is 12.8. The quantitative estimate of drug-likeness (QED) is 0.327. The number of hydrogen-bond acceptors (Lipinski definition) is 3. The number of nitrogens with one attached hydrogen (secondary N) is 2. The number of alkyl halides is 3. The number of carbonyl (C=O) groups is 1. The number of benzene rings is 1. The van der Waals surface area contributed by atoms with Crippen molar-refractivity contribution in [3.63, 3.8) is 0 Å². The number of nitrogens with zero attached hydrogens (tertiary/aromatic N) is 2. The molecule has 2 bridgehead atoms. The molecular formula is C21H20BrCl3N4O2S. The first-order valence-electron chi connectivity index (χ1n) is 10.0. The maximum Gasteiger partial charge on any atom is 0.254 e. The summed E-state index contributed by atoms with van der Waals surface area (Å²) < 4.78 is 0.641. The van der Waals surface area contributed by atoms with Crippen LogP contribution >= 0.6 is 63.0 Å². The van der Waals surface area contributed by atoms with Gasteiger partial charge in [-0.2, -0.15) is 0 Å². The van der Waals surface area contributed by atoms with E-state index in [-0.39, 0.29) is 17.4 Å². The molecule has 0 spiro atoms. The standard InChI is InChI=1S/C21H20BrCl3N4O2S/c22-15-5-2-1-4-14(15)18(31)26-19(21(23,24)25)27-20(32)28-9-12-8-13(11-28)16-6-3-7-17(30)29(16)10-12/h1-7,12-13,19H,8-11H2,(H,26,31)(H,27,32)/t12-,13+,19+/m1/s1. The number of carbonyl (C=O) groups excluding carboxylic acids is 1. The molecule has 0 radical (unpaired) electrons. The van der Waals surface area contributed by atoms with E-state index >= 15 is 0 Å². The van der Waals surface area contributed by atoms with Gasteiger partial charge in [-0.15, -0.1) is 0 Å². The Hall–Kier alpha value is -1.32. The predicted molar refractivity (Wildman–Crippen MR) is 135 cm³/mol. The molecule has 4 rings (SSSR count). The minimum absolute atomic E-state index is 0.0254. The van der Waals surface area contributed by atoms with Gasteiger partial charge < -0.3 is 20.1 Å². The lowest BCUT2D eigenvalue weighted by Crippen LogP contribution is -2.60. The van der Waals surface area contributed by atoms with Crippen molar-refractivity contribution >= 4 is 74.0 Å². The van der Waals surface area contributed by atoms with E-state index in [0.717, 1.165) is 12.1 Å². The third-order valence-electron chi connectivity index (χ3n) is 5.76. The number of aromatic nitrogens is 1. The molecule has 2 N–H and O–H groups in total. The number of fused-ring (bicyclic) bond motifs is 4. The normalized spacial score (nSPS) is 20.8. The molecule has 32 heavy (non-hydrogen) atoms. The summed E-state index contributed by atoms with van der Waals surface area (Å²) in [5.41, 5.74) is 1.45. The van der Waals surface area contributed by atoms with Crippen LogP contribution in [0.2, 0.25) is 0 Å². The van der Waals surface area contributed by atoms with Gasteiger partial charge in [0.05, 0.1) is 5.56 Å². The van der Waals surface area contributed by atoms with Crippen molar-refractivity contribution in [1.82, 2.24) is 20.1 Å². The van der Waals surface area contributed by atoms with Crippen molar-refractivity contribution in [2.75, 3.05) is 13.1 Å². The van der Waals surface area contributed by atoms with Crippen LogP contribution in [0, 0.1) is 5.92 Å². The molecule has 1 aromatic heterocycles. The van der Waals surface area contributed by atoms with E-state index in [4.69, 9.17) is 47.0 Å². The van der Waals surface area contributed by atoms with Crippen LogP contribution in [0.25, 0.3) is 0 Å². The topological polar surface area (TPSA) is 66.4 Å². The van der Waals surface area contributed by atoms with Crippen molar-refractivity contribution in [2.45, 2.75) is 28.8 Å². The summed E-state index contributed by atoms with van der Waals surface area (Å²) in [6.07, 6.45) is -0.0499. The van der Waals surface area contributed by atoms with Gasteiger partial charge >= 0.3 is 0 Å². The molecule has 2 aromatic rings. The monoisotopic (exact) mass is 576 g/mol. The van der Waals surface area contributed by atoms with Crippen LogP contribution in [-0.4, -0.2) is 43.5 Å². The fourth-order valence-corrected chi connectivity index (χ4v) is 5.39. The average Bonchev–Trinajstić information content (AvgIpc) is 2.73. The summed E-state index contributed by atoms with van der Waals surface area (Å²) in [5, 5.41) is 6.12. The zero-order valence-electron chi connectivity index (χ0n) is 16.7. The summed E-state index contributed by atoms with van der Waals surface area (Å²) in [7, 11) is 0. The zero-order chi connectivity index (χ0) is 23.0. The predicted octanol–water partition coefficient (Wildman–Crippen LogP) is 4.03. The number of rotatable bonds is 3. The molecule has 1 saturated heterocycles. The Morgan fingerprint density at radius 3 is 2.56 bits per heavy atom. The molecular weight excluding hydrogens is 559 g/mol. The third-order valence-corrected chi connectivity index (χ3v) is 7.48. The zero-order valence-corrected chi connectivity index (χ0v) is 21.4. The van der Waals surface area contributed by atoms with Crippen LogP contribution in [-0.2, 0) is 6.54 Å². The number of amides is 1. The van der Waals surface area contributed by atoms with Crippen LogP contribution in [0.3, 0.4) is 0 Å². The van der Waals surface area contributed by atoms with Crippen LogP contribution in [0.1, 0.15) is 28.4 Å². The molecule has 0 saturated carbocycles. The number of thiocarbonyl (C=S) groups is 1. The smallest absolute Gasteiger partial charge is 0.254 e. The summed E-state index contributed by atoms with van der Waals surface area (Å²) >= 11 is 27.5. The number of piperidine rings is 1. The molecule has 3 atom stereocenters. The molecule has 2 aliphatic heterocycles. The average molecular weight is 579 g/mol. The molecule has 1 fully saturated rings. The van der Waals surface area contributed by atoms with Gasteiger partial charge in [0, 0.05) is 41.8 Å².